The van der Waals surface area contributed by atoms with E-state index in [9.17, 15) is 4.79 Å². The molecule has 1 aromatic heterocycles. The third-order valence-corrected chi connectivity index (χ3v) is 5.29. The Labute approximate surface area is 169 Å². The van der Waals surface area contributed by atoms with Crippen LogP contribution in [0, 0.1) is 6.92 Å². The van der Waals surface area contributed by atoms with Crippen molar-refractivity contribution >= 4 is 22.6 Å². The summed E-state index contributed by atoms with van der Waals surface area (Å²) < 4.78 is 10.9. The summed E-state index contributed by atoms with van der Waals surface area (Å²) in [6.45, 7) is 3.11. The normalized spacial score (nSPS) is 12.5. The molecule has 0 aliphatic heterocycles. The summed E-state index contributed by atoms with van der Waals surface area (Å²) in [5.74, 6) is 0.857. The molecule has 0 fully saturated rings. The minimum absolute atomic E-state index is 0.119. The number of benzene rings is 2. The van der Waals surface area contributed by atoms with Crippen LogP contribution in [0.2, 0.25) is 5.02 Å². The summed E-state index contributed by atoms with van der Waals surface area (Å²) in [5.41, 5.74) is 3.05. The smallest absolute Gasteiger partial charge is 0.336 e. The van der Waals surface area contributed by atoms with Crippen LogP contribution in [0.3, 0.4) is 0 Å². The lowest BCUT2D eigenvalue weighted by Crippen LogP contribution is -2.31. The van der Waals surface area contributed by atoms with E-state index < -0.39 is 0 Å². The fourth-order valence-electron chi connectivity index (χ4n) is 3.35. The summed E-state index contributed by atoms with van der Waals surface area (Å²) in [5, 5.41) is 4.97. The maximum absolute atomic E-state index is 12.0. The highest BCUT2D eigenvalue weighted by molar-refractivity contribution is 6.32. The number of nitrogens with zero attached hydrogens (tertiary/aromatic N) is 1. The van der Waals surface area contributed by atoms with Crippen molar-refractivity contribution in [3.63, 3.8) is 0 Å². The van der Waals surface area contributed by atoms with Gasteiger partial charge in [-0.15, -0.1) is 0 Å². The first-order valence-corrected chi connectivity index (χ1v) is 9.51. The first-order chi connectivity index (χ1) is 13.4. The SMILES string of the molecule is COc1ccccc1[C@@H](CNCc1cc(=O)oc2cc(C)c(Cl)cc12)N(C)C. The first kappa shape index (κ1) is 20.4. The number of aryl methyl sites for hydroxylation is 1. The summed E-state index contributed by atoms with van der Waals surface area (Å²) >= 11 is 6.28. The molecule has 0 unspecified atom stereocenters. The van der Waals surface area contributed by atoms with Gasteiger partial charge in [-0.3, -0.25) is 0 Å². The monoisotopic (exact) mass is 400 g/mol. The number of hydrogen-bond donors (Lipinski definition) is 1. The van der Waals surface area contributed by atoms with Gasteiger partial charge in [0.1, 0.15) is 11.3 Å². The van der Waals surface area contributed by atoms with Crippen LogP contribution >= 0.6 is 11.6 Å². The zero-order valence-corrected chi connectivity index (χ0v) is 17.3. The number of rotatable bonds is 7. The van der Waals surface area contributed by atoms with E-state index in [1.165, 1.54) is 6.07 Å². The number of methoxy groups -OCH3 is 1. The van der Waals surface area contributed by atoms with Crippen LogP contribution in [0.15, 0.2) is 51.7 Å². The van der Waals surface area contributed by atoms with Gasteiger partial charge in [-0.05, 0) is 50.3 Å². The molecule has 0 aliphatic carbocycles. The Kier molecular flexibility index (Phi) is 6.39. The van der Waals surface area contributed by atoms with Gasteiger partial charge in [0.2, 0.25) is 0 Å². The van der Waals surface area contributed by atoms with E-state index in [1.807, 2.05) is 45.3 Å². The highest BCUT2D eigenvalue weighted by Gasteiger charge is 2.18. The molecule has 5 nitrogen and oxygen atoms in total. The van der Waals surface area contributed by atoms with Crippen LogP contribution in [0.1, 0.15) is 22.7 Å². The fraction of sp³-hybridized carbons (Fsp3) is 0.318. The van der Waals surface area contributed by atoms with E-state index in [0.29, 0.717) is 23.7 Å². The molecule has 0 bridgehead atoms. The van der Waals surface area contributed by atoms with Gasteiger partial charge < -0.3 is 19.4 Å². The van der Waals surface area contributed by atoms with Gasteiger partial charge >= 0.3 is 5.63 Å². The molecular weight excluding hydrogens is 376 g/mol. The topological polar surface area (TPSA) is 54.7 Å². The van der Waals surface area contributed by atoms with Gasteiger partial charge in [-0.2, -0.15) is 0 Å². The van der Waals surface area contributed by atoms with Crippen LogP contribution in [0.4, 0.5) is 0 Å². The Morgan fingerprint density at radius 2 is 1.96 bits per heavy atom. The zero-order chi connectivity index (χ0) is 20.3. The minimum Gasteiger partial charge on any atom is -0.496 e. The largest absolute Gasteiger partial charge is 0.496 e. The van der Waals surface area contributed by atoms with Gasteiger partial charge in [0.25, 0.3) is 0 Å². The Morgan fingerprint density at radius 3 is 2.68 bits per heavy atom. The molecule has 0 amide bonds. The van der Waals surface area contributed by atoms with Crippen LogP contribution in [0.25, 0.3) is 11.0 Å². The molecule has 1 heterocycles. The molecule has 1 N–H and O–H groups in total. The fourth-order valence-corrected chi connectivity index (χ4v) is 3.51. The quantitative estimate of drug-likeness (QED) is 0.603. The second-order valence-electron chi connectivity index (χ2n) is 7.04. The number of likely N-dealkylation sites (N-methyl/N-ethyl adjacent to an activating group) is 1. The molecule has 28 heavy (non-hydrogen) atoms. The molecule has 0 saturated heterocycles. The average molecular weight is 401 g/mol. The Balaban J connectivity index is 1.83. The Hall–Kier alpha value is -2.34. The highest BCUT2D eigenvalue weighted by atomic mass is 35.5. The molecule has 3 rings (SSSR count). The third kappa shape index (κ3) is 4.38. The number of para-hydroxylation sites is 1. The molecular formula is C22H25ClN2O3. The van der Waals surface area contributed by atoms with Crippen molar-refractivity contribution in [3.8, 4) is 5.75 Å². The molecule has 3 aromatic rings. The average Bonchev–Trinajstić information content (AvgIpc) is 2.66. The number of fused-ring (bicyclic) bond motifs is 1. The molecule has 6 heteroatoms. The lowest BCUT2D eigenvalue weighted by atomic mass is 10.0. The summed E-state index contributed by atoms with van der Waals surface area (Å²) in [6.07, 6.45) is 0. The molecule has 0 saturated carbocycles. The van der Waals surface area contributed by atoms with Gasteiger partial charge in [0.05, 0.1) is 13.2 Å². The van der Waals surface area contributed by atoms with Gasteiger partial charge in [-0.25, -0.2) is 4.79 Å². The molecule has 0 spiro atoms. The molecule has 2 aromatic carbocycles. The van der Waals surface area contributed by atoms with Crippen molar-refractivity contribution in [3.05, 3.63) is 74.6 Å². The van der Waals surface area contributed by atoms with Gasteiger partial charge in [0.15, 0.2) is 0 Å². The molecule has 1 atom stereocenters. The first-order valence-electron chi connectivity index (χ1n) is 9.13. The summed E-state index contributed by atoms with van der Waals surface area (Å²) in [7, 11) is 5.75. The van der Waals surface area contributed by atoms with Crippen LogP contribution in [-0.4, -0.2) is 32.6 Å². The highest BCUT2D eigenvalue weighted by Crippen LogP contribution is 2.28. The van der Waals surface area contributed by atoms with E-state index in [1.54, 1.807) is 13.2 Å². The number of nitrogens with one attached hydrogen (secondary N) is 1. The van der Waals surface area contributed by atoms with E-state index in [-0.39, 0.29) is 11.7 Å². The maximum Gasteiger partial charge on any atom is 0.336 e. The van der Waals surface area contributed by atoms with Crippen molar-refractivity contribution in [2.24, 2.45) is 0 Å². The second kappa shape index (κ2) is 8.78. The van der Waals surface area contributed by atoms with Crippen molar-refractivity contribution in [2.45, 2.75) is 19.5 Å². The molecule has 0 aliphatic rings. The predicted octanol–water partition coefficient (Wildman–Crippen LogP) is 4.16. The van der Waals surface area contributed by atoms with Gasteiger partial charge in [0, 0.05) is 35.1 Å². The standard InChI is InChI=1S/C22H25ClN2O3/c1-14-9-21-17(11-18(14)23)15(10-22(26)28-21)12-24-13-19(25(2)3)16-7-5-6-8-20(16)27-4/h5-11,19,24H,12-13H2,1-4H3/t19-/m1/s1. The predicted molar refractivity (Wildman–Crippen MR) is 113 cm³/mol. The Bertz CT molecular complexity index is 1030. The maximum atomic E-state index is 12.0. The van der Waals surface area contributed by atoms with E-state index >= 15 is 0 Å². The number of halogens is 1. The van der Waals surface area contributed by atoms with Crippen molar-refractivity contribution in [1.82, 2.24) is 10.2 Å². The lowest BCUT2D eigenvalue weighted by Gasteiger charge is -2.26. The summed E-state index contributed by atoms with van der Waals surface area (Å²) in [6, 6.07) is 13.3. The molecule has 0 radical (unpaired) electrons. The minimum atomic E-state index is -0.361. The zero-order valence-electron chi connectivity index (χ0n) is 16.6. The van der Waals surface area contributed by atoms with E-state index in [4.69, 9.17) is 20.8 Å². The molecule has 148 valence electrons. The number of ether oxygens (including phenoxy) is 1. The van der Waals surface area contributed by atoms with Crippen molar-refractivity contribution < 1.29 is 9.15 Å². The van der Waals surface area contributed by atoms with Gasteiger partial charge in [-0.1, -0.05) is 29.8 Å². The van der Waals surface area contributed by atoms with Crippen LogP contribution < -0.4 is 15.7 Å². The second-order valence-corrected chi connectivity index (χ2v) is 7.45. The van der Waals surface area contributed by atoms with Crippen LogP contribution in [-0.2, 0) is 6.54 Å². The van der Waals surface area contributed by atoms with E-state index in [2.05, 4.69) is 16.3 Å². The lowest BCUT2D eigenvalue weighted by molar-refractivity contribution is 0.279. The van der Waals surface area contributed by atoms with Crippen molar-refractivity contribution in [2.75, 3.05) is 27.7 Å². The van der Waals surface area contributed by atoms with E-state index in [0.717, 1.165) is 27.8 Å². The van der Waals surface area contributed by atoms with Crippen molar-refractivity contribution in [1.29, 1.82) is 0 Å². The third-order valence-electron chi connectivity index (χ3n) is 4.88. The Morgan fingerprint density at radius 1 is 1.21 bits per heavy atom. The summed E-state index contributed by atoms with van der Waals surface area (Å²) in [4.78, 5) is 14.1. The van der Waals surface area contributed by atoms with Crippen LogP contribution in [0.5, 0.6) is 5.75 Å². The number of hydrogen-bond acceptors (Lipinski definition) is 5.